The first kappa shape index (κ1) is 70.6. The summed E-state index contributed by atoms with van der Waals surface area (Å²) in [6.07, 6.45) is 75.2. The molecule has 0 radical (unpaired) electrons. The van der Waals surface area contributed by atoms with Gasteiger partial charge in [0.2, 0.25) is 5.91 Å². The topological polar surface area (TPSA) is 95.9 Å². The van der Waals surface area contributed by atoms with E-state index in [0.717, 1.165) is 44.9 Å². The second kappa shape index (κ2) is 62.1. The van der Waals surface area contributed by atoms with Crippen LogP contribution in [0.25, 0.3) is 0 Å². The molecule has 1 amide bonds. The van der Waals surface area contributed by atoms with Crippen LogP contribution in [0.5, 0.6) is 0 Å². The Morgan fingerprint density at radius 2 is 0.653 bits per heavy atom. The van der Waals surface area contributed by atoms with Crippen LogP contribution in [0.2, 0.25) is 0 Å². The zero-order valence-electron chi connectivity index (χ0n) is 48.9. The number of aliphatic hydroxyl groups is 2. The molecule has 0 aromatic carbocycles. The highest BCUT2D eigenvalue weighted by atomic mass is 16.5. The molecular formula is C66H129NO5. The van der Waals surface area contributed by atoms with Crippen LogP contribution >= 0.6 is 0 Å². The molecule has 0 aliphatic carbocycles. The predicted molar refractivity (Wildman–Crippen MR) is 315 cm³/mol. The van der Waals surface area contributed by atoms with Gasteiger partial charge in [-0.25, -0.2) is 0 Å². The lowest BCUT2D eigenvalue weighted by Crippen LogP contribution is -2.45. The molecule has 6 nitrogen and oxygen atoms in total. The lowest BCUT2D eigenvalue weighted by Gasteiger charge is -2.22. The average Bonchev–Trinajstić information content (AvgIpc) is 3.38. The fourth-order valence-electron chi connectivity index (χ4n) is 10.5. The van der Waals surface area contributed by atoms with Crippen molar-refractivity contribution in [2.75, 3.05) is 13.2 Å². The van der Waals surface area contributed by atoms with Crippen LogP contribution in [0.1, 0.15) is 373 Å². The number of aliphatic hydroxyl groups excluding tert-OH is 2. The molecule has 0 heterocycles. The largest absolute Gasteiger partial charge is 0.466 e. The van der Waals surface area contributed by atoms with Crippen LogP contribution in [-0.4, -0.2) is 47.4 Å². The number of unbranched alkanes of at least 4 members (excludes halogenated alkanes) is 49. The summed E-state index contributed by atoms with van der Waals surface area (Å²) in [5, 5.41) is 23.4. The summed E-state index contributed by atoms with van der Waals surface area (Å²) >= 11 is 0. The minimum absolute atomic E-state index is 0.00520. The first-order valence-electron chi connectivity index (χ1n) is 32.9. The summed E-state index contributed by atoms with van der Waals surface area (Å²) in [7, 11) is 0. The van der Waals surface area contributed by atoms with Gasteiger partial charge in [0.05, 0.1) is 25.4 Å². The van der Waals surface area contributed by atoms with Gasteiger partial charge in [-0.1, -0.05) is 321 Å². The summed E-state index contributed by atoms with van der Waals surface area (Å²) in [4.78, 5) is 24.5. The smallest absolute Gasteiger partial charge is 0.305 e. The van der Waals surface area contributed by atoms with Crippen molar-refractivity contribution in [2.45, 2.75) is 386 Å². The Bertz CT molecular complexity index is 1080. The maximum atomic E-state index is 12.5. The monoisotopic (exact) mass is 1020 g/mol. The van der Waals surface area contributed by atoms with Crippen molar-refractivity contribution >= 4 is 11.9 Å². The number of esters is 1. The molecule has 0 bridgehead atoms. The number of nitrogens with one attached hydrogen (secondary N) is 1. The SMILES string of the molecule is CCCCC/C=C\CCCCCCCC(=O)OCCCCCCCCCCCCCCCCCCCCCCCCCC(=O)NC(CO)C(O)CCCCCCCCCCCCCCCCCCCCCC. The van der Waals surface area contributed by atoms with Gasteiger partial charge in [-0.3, -0.25) is 9.59 Å². The molecular weight excluding hydrogens is 887 g/mol. The number of hydrogen-bond acceptors (Lipinski definition) is 5. The molecule has 0 spiro atoms. The van der Waals surface area contributed by atoms with Crippen molar-refractivity contribution in [3.63, 3.8) is 0 Å². The zero-order valence-corrected chi connectivity index (χ0v) is 48.9. The number of hydrogen-bond donors (Lipinski definition) is 3. The normalized spacial score (nSPS) is 12.6. The van der Waals surface area contributed by atoms with Gasteiger partial charge in [0, 0.05) is 12.8 Å². The van der Waals surface area contributed by atoms with Gasteiger partial charge in [-0.2, -0.15) is 0 Å². The van der Waals surface area contributed by atoms with Gasteiger partial charge in [-0.15, -0.1) is 0 Å². The molecule has 0 aliphatic rings. The Kier molecular flexibility index (Phi) is 60.9. The molecule has 0 aromatic rings. The van der Waals surface area contributed by atoms with Gasteiger partial charge >= 0.3 is 5.97 Å². The summed E-state index contributed by atoms with van der Waals surface area (Å²) in [6, 6.07) is -0.541. The molecule has 0 aliphatic heterocycles. The van der Waals surface area contributed by atoms with Crippen LogP contribution < -0.4 is 5.32 Å². The number of allylic oxidation sites excluding steroid dienone is 2. The van der Waals surface area contributed by atoms with E-state index in [0.29, 0.717) is 25.9 Å². The molecule has 3 N–H and O–H groups in total. The van der Waals surface area contributed by atoms with E-state index in [9.17, 15) is 19.8 Å². The van der Waals surface area contributed by atoms with Crippen molar-refractivity contribution in [2.24, 2.45) is 0 Å². The lowest BCUT2D eigenvalue weighted by molar-refractivity contribution is -0.143. The van der Waals surface area contributed by atoms with Crippen LogP contribution in [0.4, 0.5) is 0 Å². The number of ether oxygens (including phenoxy) is 1. The fraction of sp³-hybridized carbons (Fsp3) is 0.939. The first-order valence-corrected chi connectivity index (χ1v) is 32.9. The van der Waals surface area contributed by atoms with Crippen molar-refractivity contribution in [1.82, 2.24) is 5.32 Å². The lowest BCUT2D eigenvalue weighted by atomic mass is 10.0. The highest BCUT2D eigenvalue weighted by Crippen LogP contribution is 2.19. The summed E-state index contributed by atoms with van der Waals surface area (Å²) < 4.78 is 5.47. The Morgan fingerprint density at radius 1 is 0.375 bits per heavy atom. The molecule has 2 unspecified atom stereocenters. The van der Waals surface area contributed by atoms with Crippen LogP contribution in [0.3, 0.4) is 0 Å². The highest BCUT2D eigenvalue weighted by molar-refractivity contribution is 5.76. The zero-order chi connectivity index (χ0) is 52.2. The maximum absolute atomic E-state index is 12.5. The van der Waals surface area contributed by atoms with Crippen molar-refractivity contribution < 1.29 is 24.5 Å². The van der Waals surface area contributed by atoms with E-state index in [1.807, 2.05) is 0 Å². The van der Waals surface area contributed by atoms with Gasteiger partial charge in [-0.05, 0) is 51.4 Å². The molecule has 0 aromatic heterocycles. The number of rotatable bonds is 62. The van der Waals surface area contributed by atoms with Crippen LogP contribution in [-0.2, 0) is 14.3 Å². The minimum atomic E-state index is -0.664. The second-order valence-corrected chi connectivity index (χ2v) is 22.8. The van der Waals surface area contributed by atoms with Crippen molar-refractivity contribution in [3.05, 3.63) is 12.2 Å². The molecule has 2 atom stereocenters. The fourth-order valence-corrected chi connectivity index (χ4v) is 10.5. The molecule has 0 fully saturated rings. The van der Waals surface area contributed by atoms with Gasteiger partial charge in [0.15, 0.2) is 0 Å². The number of carbonyl (C=O) groups is 2. The van der Waals surface area contributed by atoms with Crippen molar-refractivity contribution in [1.29, 1.82) is 0 Å². The third-order valence-corrected chi connectivity index (χ3v) is 15.6. The quantitative estimate of drug-likeness (QED) is 0.0320. The molecule has 0 rings (SSSR count). The Hall–Kier alpha value is -1.40. The summed E-state index contributed by atoms with van der Waals surface area (Å²) in [5.74, 6) is -0.0251. The Balaban J connectivity index is 3.37. The van der Waals surface area contributed by atoms with E-state index in [4.69, 9.17) is 4.74 Å². The molecule has 6 heteroatoms. The van der Waals surface area contributed by atoms with E-state index < -0.39 is 12.1 Å². The minimum Gasteiger partial charge on any atom is -0.466 e. The van der Waals surface area contributed by atoms with Gasteiger partial charge in [0.1, 0.15) is 0 Å². The standard InChI is InChI=1S/C66H129NO5/c1-3-5-7-9-11-13-15-17-18-19-20-26-29-32-35-38-42-46-50-54-58-64(69)63(62-68)67-65(70)59-55-51-47-43-39-36-33-30-27-24-22-21-23-25-28-31-34-37-41-45-49-53-57-61-72-66(71)60-56-52-48-44-40-16-14-12-10-8-6-4-2/h12,14,63-64,68-69H,3-11,13,15-62H2,1-2H3,(H,67,70)/b14-12-. The first-order chi connectivity index (χ1) is 35.5. The van der Waals surface area contributed by atoms with Crippen molar-refractivity contribution in [3.8, 4) is 0 Å². The second-order valence-electron chi connectivity index (χ2n) is 22.8. The van der Waals surface area contributed by atoms with E-state index in [1.54, 1.807) is 0 Å². The molecule has 0 saturated carbocycles. The highest BCUT2D eigenvalue weighted by Gasteiger charge is 2.20. The van der Waals surface area contributed by atoms with E-state index in [2.05, 4.69) is 31.3 Å². The maximum Gasteiger partial charge on any atom is 0.305 e. The van der Waals surface area contributed by atoms with E-state index in [-0.39, 0.29) is 18.5 Å². The predicted octanol–water partition coefficient (Wildman–Crippen LogP) is 20.8. The number of amides is 1. The van der Waals surface area contributed by atoms with Gasteiger partial charge in [0.25, 0.3) is 0 Å². The summed E-state index contributed by atoms with van der Waals surface area (Å²) in [5.41, 5.74) is 0. The Morgan fingerprint density at radius 3 is 1.01 bits per heavy atom. The van der Waals surface area contributed by atoms with Crippen LogP contribution in [0.15, 0.2) is 12.2 Å². The van der Waals surface area contributed by atoms with Gasteiger partial charge < -0.3 is 20.3 Å². The Labute approximate surface area is 450 Å². The third kappa shape index (κ3) is 57.9. The third-order valence-electron chi connectivity index (χ3n) is 15.6. The molecule has 72 heavy (non-hydrogen) atoms. The van der Waals surface area contributed by atoms with E-state index >= 15 is 0 Å². The molecule has 0 saturated heterocycles. The average molecular weight is 1020 g/mol. The van der Waals surface area contributed by atoms with E-state index in [1.165, 1.54) is 295 Å². The van der Waals surface area contributed by atoms with Crippen LogP contribution in [0, 0.1) is 0 Å². The summed E-state index contributed by atoms with van der Waals surface area (Å²) in [6.45, 7) is 4.96. The molecule has 428 valence electrons. The number of carbonyl (C=O) groups excluding carboxylic acids is 2.